The Bertz CT molecular complexity index is 569. The van der Waals surface area contributed by atoms with Gasteiger partial charge in [-0.1, -0.05) is 25.5 Å². The molecule has 2 aromatic rings. The van der Waals surface area contributed by atoms with Crippen LogP contribution in [0.5, 0.6) is 5.75 Å². The molecule has 0 fully saturated rings. The number of hydrogen-bond donors (Lipinski definition) is 1. The summed E-state index contributed by atoms with van der Waals surface area (Å²) < 4.78 is 18.9. The molecule has 0 saturated carbocycles. The molecule has 0 spiro atoms. The number of aromatic nitrogens is 1. The van der Waals surface area contributed by atoms with Gasteiger partial charge in [-0.05, 0) is 25.5 Å². The zero-order valence-electron chi connectivity index (χ0n) is 11.7. The number of benzene rings is 1. The quantitative estimate of drug-likeness (QED) is 0.880. The number of para-hydroxylation sites is 1. The minimum Gasteiger partial charge on any atom is -0.483 e. The Hall–Kier alpha value is -1.46. The van der Waals surface area contributed by atoms with Gasteiger partial charge in [0.15, 0.2) is 11.6 Å². The lowest BCUT2D eigenvalue weighted by atomic mass is 10.2. The van der Waals surface area contributed by atoms with Crippen molar-refractivity contribution in [1.29, 1.82) is 0 Å². The van der Waals surface area contributed by atoms with Crippen molar-refractivity contribution in [3.63, 3.8) is 0 Å². The van der Waals surface area contributed by atoms with Gasteiger partial charge in [0.05, 0.1) is 5.69 Å². The van der Waals surface area contributed by atoms with Crippen molar-refractivity contribution in [1.82, 2.24) is 4.98 Å². The molecule has 0 aliphatic heterocycles. The van der Waals surface area contributed by atoms with Gasteiger partial charge in [0.25, 0.3) is 0 Å². The van der Waals surface area contributed by atoms with Crippen molar-refractivity contribution in [2.45, 2.75) is 39.3 Å². The predicted molar refractivity (Wildman–Crippen MR) is 79.4 cm³/mol. The highest BCUT2D eigenvalue weighted by molar-refractivity contribution is 7.11. The molecule has 1 atom stereocenters. The zero-order chi connectivity index (χ0) is 14.5. The third kappa shape index (κ3) is 3.55. The summed E-state index contributed by atoms with van der Waals surface area (Å²) in [5.41, 5.74) is 7.00. The van der Waals surface area contributed by atoms with Gasteiger partial charge in [-0.15, -0.1) is 11.3 Å². The lowest BCUT2D eigenvalue weighted by molar-refractivity contribution is 0.289. The lowest BCUT2D eigenvalue weighted by Gasteiger charge is -2.04. The number of ether oxygens (including phenoxy) is 1. The molecule has 0 amide bonds. The number of hydrogen-bond acceptors (Lipinski definition) is 4. The van der Waals surface area contributed by atoms with Crippen LogP contribution in [-0.4, -0.2) is 4.98 Å². The van der Waals surface area contributed by atoms with Gasteiger partial charge >= 0.3 is 0 Å². The summed E-state index contributed by atoms with van der Waals surface area (Å²) >= 11 is 1.55. The van der Waals surface area contributed by atoms with Crippen LogP contribution in [0, 0.1) is 5.82 Å². The van der Waals surface area contributed by atoms with Gasteiger partial charge in [-0.3, -0.25) is 0 Å². The maximum atomic E-state index is 13.5. The van der Waals surface area contributed by atoms with E-state index in [1.807, 2.05) is 6.92 Å². The minimum atomic E-state index is -0.356. The van der Waals surface area contributed by atoms with Gasteiger partial charge in [-0.2, -0.15) is 0 Å². The highest BCUT2D eigenvalue weighted by atomic mass is 32.1. The molecule has 1 aromatic carbocycles. The van der Waals surface area contributed by atoms with Crippen LogP contribution in [-0.2, 0) is 13.0 Å². The van der Waals surface area contributed by atoms with E-state index in [4.69, 9.17) is 10.5 Å². The predicted octanol–water partition coefficient (Wildman–Crippen LogP) is 3.83. The second-order valence-electron chi connectivity index (χ2n) is 4.68. The molecule has 1 aromatic heterocycles. The SMILES string of the molecule is CCCc1nc(COc2ccccc2F)sc1C(C)N. The van der Waals surface area contributed by atoms with Gasteiger partial charge < -0.3 is 10.5 Å². The van der Waals surface area contributed by atoms with Crippen molar-refractivity contribution in [3.05, 3.63) is 45.7 Å². The third-order valence-corrected chi connectivity index (χ3v) is 4.13. The molecule has 1 heterocycles. The second kappa shape index (κ2) is 6.81. The second-order valence-corrected chi connectivity index (χ2v) is 5.79. The van der Waals surface area contributed by atoms with Crippen LogP contribution in [0.3, 0.4) is 0 Å². The largest absolute Gasteiger partial charge is 0.483 e. The number of rotatable bonds is 6. The number of nitrogens with zero attached hydrogens (tertiary/aromatic N) is 1. The van der Waals surface area contributed by atoms with E-state index < -0.39 is 0 Å². The number of aryl methyl sites for hydroxylation is 1. The monoisotopic (exact) mass is 294 g/mol. The van der Waals surface area contributed by atoms with Crippen molar-refractivity contribution in [2.75, 3.05) is 0 Å². The average molecular weight is 294 g/mol. The van der Waals surface area contributed by atoms with Crippen LogP contribution >= 0.6 is 11.3 Å². The molecule has 0 saturated heterocycles. The molecule has 5 heteroatoms. The first-order valence-corrected chi connectivity index (χ1v) is 7.54. The van der Waals surface area contributed by atoms with Gasteiger partial charge in [-0.25, -0.2) is 9.37 Å². The Labute approximate surface area is 122 Å². The maximum Gasteiger partial charge on any atom is 0.165 e. The van der Waals surface area contributed by atoms with Crippen LogP contribution in [0.15, 0.2) is 24.3 Å². The third-order valence-electron chi connectivity index (χ3n) is 2.86. The van der Waals surface area contributed by atoms with E-state index in [1.54, 1.807) is 29.5 Å². The molecule has 108 valence electrons. The molecular weight excluding hydrogens is 275 g/mol. The topological polar surface area (TPSA) is 48.1 Å². The van der Waals surface area contributed by atoms with Gasteiger partial charge in [0.1, 0.15) is 11.6 Å². The van der Waals surface area contributed by atoms with E-state index in [0.717, 1.165) is 28.4 Å². The van der Waals surface area contributed by atoms with Crippen molar-refractivity contribution < 1.29 is 9.13 Å². The molecule has 3 nitrogen and oxygen atoms in total. The summed E-state index contributed by atoms with van der Waals surface area (Å²) in [5, 5.41) is 0.837. The molecular formula is C15H19FN2OS. The van der Waals surface area contributed by atoms with Crippen LogP contribution < -0.4 is 10.5 Å². The Kier molecular flexibility index (Phi) is 5.09. The van der Waals surface area contributed by atoms with Gasteiger partial charge in [0.2, 0.25) is 0 Å². The average Bonchev–Trinajstić information content (AvgIpc) is 2.82. The van der Waals surface area contributed by atoms with Crippen LogP contribution in [0.25, 0.3) is 0 Å². The molecule has 20 heavy (non-hydrogen) atoms. The first-order chi connectivity index (χ1) is 9.61. The number of nitrogens with two attached hydrogens (primary N) is 1. The maximum absolute atomic E-state index is 13.5. The van der Waals surface area contributed by atoms with Crippen LogP contribution in [0.4, 0.5) is 4.39 Å². The van der Waals surface area contributed by atoms with E-state index >= 15 is 0 Å². The summed E-state index contributed by atoms with van der Waals surface area (Å²) in [6, 6.07) is 6.35. The molecule has 0 aliphatic rings. The van der Waals surface area contributed by atoms with Crippen molar-refractivity contribution in [2.24, 2.45) is 5.73 Å². The Balaban J connectivity index is 2.10. The lowest BCUT2D eigenvalue weighted by Crippen LogP contribution is -2.05. The van der Waals surface area contributed by atoms with E-state index in [2.05, 4.69) is 11.9 Å². The first-order valence-electron chi connectivity index (χ1n) is 6.73. The van der Waals surface area contributed by atoms with E-state index in [0.29, 0.717) is 0 Å². The Morgan fingerprint density at radius 3 is 2.80 bits per heavy atom. The molecule has 0 bridgehead atoms. The van der Waals surface area contributed by atoms with Gasteiger partial charge in [0, 0.05) is 10.9 Å². The highest BCUT2D eigenvalue weighted by Gasteiger charge is 2.14. The van der Waals surface area contributed by atoms with E-state index in [-0.39, 0.29) is 24.2 Å². The Morgan fingerprint density at radius 2 is 2.15 bits per heavy atom. The van der Waals surface area contributed by atoms with Crippen molar-refractivity contribution in [3.8, 4) is 5.75 Å². The summed E-state index contributed by atoms with van der Waals surface area (Å²) in [5.74, 6) is -0.104. The zero-order valence-corrected chi connectivity index (χ0v) is 12.5. The smallest absolute Gasteiger partial charge is 0.165 e. The minimum absolute atomic E-state index is 0.0312. The number of halogens is 1. The van der Waals surface area contributed by atoms with Crippen molar-refractivity contribution >= 4 is 11.3 Å². The molecule has 1 unspecified atom stereocenters. The fourth-order valence-corrected chi connectivity index (χ4v) is 2.93. The van der Waals surface area contributed by atoms with E-state index in [1.165, 1.54) is 6.07 Å². The first kappa shape index (κ1) is 14.9. The summed E-state index contributed by atoms with van der Waals surface area (Å²) in [6.07, 6.45) is 1.93. The summed E-state index contributed by atoms with van der Waals surface area (Å²) in [7, 11) is 0. The fourth-order valence-electron chi connectivity index (χ4n) is 1.95. The molecule has 0 radical (unpaired) electrons. The number of thiazole rings is 1. The summed E-state index contributed by atoms with van der Waals surface area (Å²) in [6.45, 7) is 4.34. The van der Waals surface area contributed by atoms with E-state index in [9.17, 15) is 4.39 Å². The fraction of sp³-hybridized carbons (Fsp3) is 0.400. The highest BCUT2D eigenvalue weighted by Crippen LogP contribution is 2.26. The molecule has 2 N–H and O–H groups in total. The van der Waals surface area contributed by atoms with Crippen LogP contribution in [0.1, 0.15) is 41.9 Å². The normalized spacial score (nSPS) is 12.4. The summed E-state index contributed by atoms with van der Waals surface area (Å²) in [4.78, 5) is 5.65. The Morgan fingerprint density at radius 1 is 1.40 bits per heavy atom. The van der Waals surface area contributed by atoms with Crippen LogP contribution in [0.2, 0.25) is 0 Å². The molecule has 2 rings (SSSR count). The molecule has 0 aliphatic carbocycles. The standard InChI is InChI=1S/C15H19FN2OS/c1-3-6-12-15(10(2)17)20-14(18-12)9-19-13-8-5-4-7-11(13)16/h4-5,7-8,10H,3,6,9,17H2,1-2H3.